The number of nitrogens with one attached hydrogen (secondary N) is 1. The van der Waals surface area contributed by atoms with Gasteiger partial charge in [-0.1, -0.05) is 30.3 Å². The molecule has 1 saturated carbocycles. The van der Waals surface area contributed by atoms with E-state index in [1.165, 1.54) is 5.56 Å². The van der Waals surface area contributed by atoms with Crippen LogP contribution in [-0.4, -0.2) is 39.4 Å². The third-order valence-corrected chi connectivity index (χ3v) is 5.18. The second-order valence-corrected chi connectivity index (χ2v) is 7.01. The Morgan fingerprint density at radius 3 is 2.78 bits per heavy atom. The third-order valence-electron chi connectivity index (χ3n) is 5.18. The maximum Gasteiger partial charge on any atom is 0.231 e. The molecule has 3 aromatic rings. The zero-order chi connectivity index (χ0) is 18.6. The van der Waals surface area contributed by atoms with Gasteiger partial charge in [-0.25, -0.2) is 0 Å². The Kier molecular flexibility index (Phi) is 5.00. The molecule has 7 heteroatoms. The lowest BCUT2D eigenvalue weighted by Crippen LogP contribution is -2.35. The largest absolute Gasteiger partial charge is 0.480 e. The van der Waals surface area contributed by atoms with Gasteiger partial charge in [-0.05, 0) is 36.3 Å². The van der Waals surface area contributed by atoms with E-state index >= 15 is 0 Å². The summed E-state index contributed by atoms with van der Waals surface area (Å²) in [5.41, 5.74) is 2.05. The highest BCUT2D eigenvalue weighted by molar-refractivity contribution is 5.76. The van der Waals surface area contributed by atoms with Gasteiger partial charge in [-0.15, -0.1) is 15.3 Å². The zero-order valence-corrected chi connectivity index (χ0v) is 15.3. The summed E-state index contributed by atoms with van der Waals surface area (Å²) in [6, 6.07) is 14.1. The molecule has 0 unspecified atom stereocenters. The first kappa shape index (κ1) is 17.5. The number of methoxy groups -OCH3 is 1. The van der Waals surface area contributed by atoms with Crippen molar-refractivity contribution in [2.75, 3.05) is 13.7 Å². The fourth-order valence-corrected chi connectivity index (χ4v) is 3.55. The molecule has 2 aromatic heterocycles. The predicted octanol–water partition coefficient (Wildman–Crippen LogP) is 2.38. The molecule has 27 heavy (non-hydrogen) atoms. The zero-order valence-electron chi connectivity index (χ0n) is 15.3. The molecule has 1 N–H and O–H groups in total. The predicted molar refractivity (Wildman–Crippen MR) is 101 cm³/mol. The number of nitrogens with zero attached hydrogens (tertiary/aromatic N) is 4. The summed E-state index contributed by atoms with van der Waals surface area (Å²) in [5, 5.41) is 15.5. The molecule has 2 heterocycles. The van der Waals surface area contributed by atoms with Crippen molar-refractivity contribution < 1.29 is 9.53 Å². The van der Waals surface area contributed by atoms with Gasteiger partial charge in [0.05, 0.1) is 7.11 Å². The van der Waals surface area contributed by atoms with Gasteiger partial charge < -0.3 is 10.1 Å². The molecule has 0 atom stereocenters. The van der Waals surface area contributed by atoms with E-state index in [9.17, 15) is 4.79 Å². The molecule has 1 fully saturated rings. The lowest BCUT2D eigenvalue weighted by molar-refractivity contribution is -0.121. The molecule has 1 aliphatic carbocycles. The minimum absolute atomic E-state index is 0.0396. The molecule has 1 amide bonds. The van der Waals surface area contributed by atoms with Crippen LogP contribution >= 0.6 is 0 Å². The average Bonchev–Trinajstić information content (AvgIpc) is 3.08. The molecule has 0 radical (unpaired) electrons. The van der Waals surface area contributed by atoms with Crippen molar-refractivity contribution in [2.45, 2.75) is 31.6 Å². The van der Waals surface area contributed by atoms with Gasteiger partial charge in [0, 0.05) is 25.5 Å². The summed E-state index contributed by atoms with van der Waals surface area (Å²) in [6.07, 6.45) is 3.14. The summed E-state index contributed by atoms with van der Waals surface area (Å²) in [6.45, 7) is 0.745. The first-order valence-corrected chi connectivity index (χ1v) is 9.30. The molecule has 140 valence electrons. The Morgan fingerprint density at radius 1 is 1.19 bits per heavy atom. The van der Waals surface area contributed by atoms with Crippen molar-refractivity contribution in [1.82, 2.24) is 25.1 Å². The Morgan fingerprint density at radius 2 is 2.00 bits per heavy atom. The van der Waals surface area contributed by atoms with E-state index in [0.717, 1.165) is 19.4 Å². The van der Waals surface area contributed by atoms with Gasteiger partial charge in [0.25, 0.3) is 0 Å². The Hall–Kier alpha value is -2.96. The van der Waals surface area contributed by atoms with Crippen LogP contribution in [0, 0.1) is 5.92 Å². The fourth-order valence-electron chi connectivity index (χ4n) is 3.55. The molecule has 0 aliphatic heterocycles. The Bertz CT molecular complexity index is 919. The van der Waals surface area contributed by atoms with Gasteiger partial charge in [-0.3, -0.25) is 4.79 Å². The third kappa shape index (κ3) is 3.92. The molecule has 0 saturated heterocycles. The van der Waals surface area contributed by atoms with Crippen molar-refractivity contribution in [3.8, 4) is 5.88 Å². The summed E-state index contributed by atoms with van der Waals surface area (Å²) in [5.74, 6) is 2.39. The normalized spacial score (nSPS) is 18.9. The van der Waals surface area contributed by atoms with Crippen LogP contribution in [0.15, 0.2) is 42.5 Å². The monoisotopic (exact) mass is 365 g/mol. The smallest absolute Gasteiger partial charge is 0.231 e. The van der Waals surface area contributed by atoms with Crippen molar-refractivity contribution in [1.29, 1.82) is 0 Å². The average molecular weight is 365 g/mol. The molecular weight excluding hydrogens is 342 g/mol. The molecule has 0 bridgehead atoms. The van der Waals surface area contributed by atoms with Crippen LogP contribution in [0.2, 0.25) is 0 Å². The first-order valence-electron chi connectivity index (χ1n) is 9.30. The standard InChI is InChI=1S/C20H23N5O2/c1-27-20-10-8-18-23-22-17(25(18)24-20)7-9-19(26)21-13-14-11-16(12-14)15-5-3-2-4-6-15/h2-6,8,10,14,16H,7,9,11-13H2,1H3,(H,21,26). The second-order valence-electron chi connectivity index (χ2n) is 7.01. The van der Waals surface area contributed by atoms with E-state index in [1.807, 2.05) is 6.07 Å². The highest BCUT2D eigenvalue weighted by atomic mass is 16.5. The van der Waals surface area contributed by atoms with Crippen LogP contribution in [0.3, 0.4) is 0 Å². The quantitative estimate of drug-likeness (QED) is 0.695. The number of fused-ring (bicyclic) bond motifs is 1. The number of carbonyl (C=O) groups is 1. The SMILES string of the molecule is COc1ccc2nnc(CCC(=O)NCC3CC(c4ccccc4)C3)n2n1. The highest BCUT2D eigenvalue weighted by Crippen LogP contribution is 2.40. The number of carbonyl (C=O) groups excluding carboxylic acids is 1. The topological polar surface area (TPSA) is 81.4 Å². The minimum atomic E-state index is 0.0396. The van der Waals surface area contributed by atoms with Crippen LogP contribution in [0.4, 0.5) is 0 Å². The van der Waals surface area contributed by atoms with Crippen LogP contribution in [0.5, 0.6) is 5.88 Å². The van der Waals surface area contributed by atoms with E-state index in [4.69, 9.17) is 4.74 Å². The van der Waals surface area contributed by atoms with E-state index in [-0.39, 0.29) is 5.91 Å². The van der Waals surface area contributed by atoms with E-state index < -0.39 is 0 Å². The number of amides is 1. The minimum Gasteiger partial charge on any atom is -0.480 e. The maximum absolute atomic E-state index is 12.2. The van der Waals surface area contributed by atoms with Gasteiger partial charge >= 0.3 is 0 Å². The number of rotatable bonds is 7. The number of aromatic nitrogens is 4. The summed E-state index contributed by atoms with van der Waals surface area (Å²) >= 11 is 0. The number of aryl methyl sites for hydroxylation is 1. The van der Waals surface area contributed by atoms with Gasteiger partial charge in [-0.2, -0.15) is 4.52 Å². The molecule has 1 aliphatic rings. The first-order chi connectivity index (χ1) is 13.2. The maximum atomic E-state index is 12.2. The fraction of sp³-hybridized carbons (Fsp3) is 0.400. The Labute approximate surface area is 157 Å². The molecule has 1 aromatic carbocycles. The van der Waals surface area contributed by atoms with Gasteiger partial charge in [0.1, 0.15) is 0 Å². The van der Waals surface area contributed by atoms with Crippen LogP contribution in [0.25, 0.3) is 5.65 Å². The lowest BCUT2D eigenvalue weighted by Gasteiger charge is -2.35. The van der Waals surface area contributed by atoms with Crippen LogP contribution in [0.1, 0.15) is 36.6 Å². The van der Waals surface area contributed by atoms with E-state index in [2.05, 4.69) is 44.9 Å². The summed E-state index contributed by atoms with van der Waals surface area (Å²) in [7, 11) is 1.56. The van der Waals surface area contributed by atoms with Crippen LogP contribution < -0.4 is 10.1 Å². The molecule has 4 rings (SSSR count). The van der Waals surface area contributed by atoms with E-state index in [1.54, 1.807) is 23.8 Å². The van der Waals surface area contributed by atoms with Crippen molar-refractivity contribution in [3.05, 3.63) is 53.9 Å². The summed E-state index contributed by atoms with van der Waals surface area (Å²) in [4.78, 5) is 12.2. The molecule has 0 spiro atoms. The van der Waals surface area contributed by atoms with Gasteiger partial charge in [0.15, 0.2) is 11.5 Å². The number of benzene rings is 1. The number of hydrogen-bond acceptors (Lipinski definition) is 5. The molecular formula is C20H23N5O2. The van der Waals surface area contributed by atoms with Crippen molar-refractivity contribution in [2.24, 2.45) is 5.92 Å². The van der Waals surface area contributed by atoms with Crippen molar-refractivity contribution in [3.63, 3.8) is 0 Å². The second kappa shape index (κ2) is 7.73. The number of ether oxygens (including phenoxy) is 1. The number of hydrogen-bond donors (Lipinski definition) is 1. The lowest BCUT2D eigenvalue weighted by atomic mass is 9.71. The van der Waals surface area contributed by atoms with Crippen molar-refractivity contribution >= 4 is 11.6 Å². The van der Waals surface area contributed by atoms with Gasteiger partial charge in [0.2, 0.25) is 11.8 Å². The van der Waals surface area contributed by atoms with Crippen LogP contribution in [-0.2, 0) is 11.2 Å². The summed E-state index contributed by atoms with van der Waals surface area (Å²) < 4.78 is 6.76. The Balaban J connectivity index is 1.23. The molecule has 7 nitrogen and oxygen atoms in total. The van der Waals surface area contributed by atoms with E-state index in [0.29, 0.717) is 42.0 Å². The highest BCUT2D eigenvalue weighted by Gasteiger charge is 2.30.